The van der Waals surface area contributed by atoms with Gasteiger partial charge in [-0.3, -0.25) is 4.79 Å². The van der Waals surface area contributed by atoms with Gasteiger partial charge in [0.25, 0.3) is 0 Å². The molecule has 1 aliphatic heterocycles. The van der Waals surface area contributed by atoms with Crippen molar-refractivity contribution in [1.29, 1.82) is 0 Å². The van der Waals surface area contributed by atoms with E-state index in [-0.39, 0.29) is 12.3 Å². The number of amides is 1. The van der Waals surface area contributed by atoms with Gasteiger partial charge < -0.3 is 15.0 Å². The first-order valence-corrected chi connectivity index (χ1v) is 16.3. The predicted octanol–water partition coefficient (Wildman–Crippen LogP) is 9.97. The average molecular weight is 571 g/mol. The molecule has 3 rings (SSSR count). The molecule has 1 N–H and O–H groups in total. The van der Waals surface area contributed by atoms with Crippen molar-refractivity contribution in [1.82, 2.24) is 4.90 Å². The molecule has 39 heavy (non-hydrogen) atoms. The van der Waals surface area contributed by atoms with Crippen LogP contribution >= 0.6 is 23.4 Å². The molecule has 2 aromatic carbocycles. The van der Waals surface area contributed by atoms with Gasteiger partial charge in [0.1, 0.15) is 5.75 Å². The third kappa shape index (κ3) is 12.3. The number of hydrogen-bond donors (Lipinski definition) is 1. The standard InChI is InChI=1S/C33H47ClN2O2S/c1-3-4-5-6-7-8-9-10-11-12-13-14-21-38-33-29(18-16-20-31(33)34)23-32(37)35-30-19-15-17-28(22-30)25-36-24-27(2)39-26-36/h15-20,22,24H,3-14,21,23,25-26H2,1-2H3,(H,35,37). The normalized spacial score (nSPS) is 13.0. The van der Waals surface area contributed by atoms with Crippen LogP contribution in [0.15, 0.2) is 53.6 Å². The van der Waals surface area contributed by atoms with Crippen molar-refractivity contribution in [2.75, 3.05) is 17.8 Å². The van der Waals surface area contributed by atoms with Gasteiger partial charge in [-0.05, 0) is 42.0 Å². The molecule has 0 fully saturated rings. The monoisotopic (exact) mass is 570 g/mol. The molecular weight excluding hydrogens is 524 g/mol. The summed E-state index contributed by atoms with van der Waals surface area (Å²) in [5, 5.41) is 3.61. The summed E-state index contributed by atoms with van der Waals surface area (Å²) >= 11 is 8.32. The van der Waals surface area contributed by atoms with Gasteiger partial charge in [0, 0.05) is 24.0 Å². The number of hydrogen-bond acceptors (Lipinski definition) is 4. The number of nitrogens with zero attached hydrogens (tertiary/aromatic N) is 1. The Hall–Kier alpha value is -2.11. The maximum Gasteiger partial charge on any atom is 0.228 e. The Labute approximate surface area is 245 Å². The summed E-state index contributed by atoms with van der Waals surface area (Å²) < 4.78 is 6.09. The van der Waals surface area contributed by atoms with E-state index in [1.54, 1.807) is 0 Å². The van der Waals surface area contributed by atoms with Crippen molar-refractivity contribution < 1.29 is 9.53 Å². The van der Waals surface area contributed by atoms with Gasteiger partial charge in [0.05, 0.1) is 23.9 Å². The van der Waals surface area contributed by atoms with Crippen LogP contribution in [0.4, 0.5) is 5.69 Å². The van der Waals surface area contributed by atoms with Crippen molar-refractivity contribution in [2.24, 2.45) is 0 Å². The number of para-hydroxylation sites is 1. The van der Waals surface area contributed by atoms with Gasteiger partial charge in [-0.25, -0.2) is 0 Å². The first kappa shape index (κ1) is 31.4. The van der Waals surface area contributed by atoms with Gasteiger partial charge >= 0.3 is 0 Å². The summed E-state index contributed by atoms with van der Waals surface area (Å²) in [7, 11) is 0. The molecule has 0 saturated heterocycles. The van der Waals surface area contributed by atoms with Crippen molar-refractivity contribution >= 4 is 35.0 Å². The molecule has 2 aromatic rings. The number of carbonyl (C=O) groups is 1. The Balaban J connectivity index is 1.36. The number of unbranched alkanes of at least 4 members (excludes halogenated alkanes) is 11. The Kier molecular flexibility index (Phi) is 14.7. The lowest BCUT2D eigenvalue weighted by atomic mass is 10.1. The Bertz CT molecular complexity index is 1040. The van der Waals surface area contributed by atoms with Gasteiger partial charge in [0.2, 0.25) is 5.91 Å². The number of halogens is 1. The minimum atomic E-state index is -0.0721. The smallest absolute Gasteiger partial charge is 0.228 e. The molecule has 0 radical (unpaired) electrons. The second-order valence-corrected chi connectivity index (χ2v) is 12.2. The molecule has 0 unspecified atom stereocenters. The molecular formula is C33H47ClN2O2S. The lowest BCUT2D eigenvalue weighted by Gasteiger charge is -2.16. The molecule has 0 aliphatic carbocycles. The van der Waals surface area contributed by atoms with Gasteiger partial charge in [-0.2, -0.15) is 0 Å². The van der Waals surface area contributed by atoms with E-state index in [1.165, 1.54) is 81.1 Å². The van der Waals surface area contributed by atoms with Crippen LogP contribution in [0.25, 0.3) is 0 Å². The molecule has 0 spiro atoms. The third-order valence-corrected chi connectivity index (χ3v) is 8.38. The largest absolute Gasteiger partial charge is 0.492 e. The quantitative estimate of drug-likeness (QED) is 0.171. The summed E-state index contributed by atoms with van der Waals surface area (Å²) in [6.07, 6.45) is 18.1. The van der Waals surface area contributed by atoms with E-state index in [9.17, 15) is 4.79 Å². The number of allylic oxidation sites excluding steroid dienone is 1. The number of anilines is 1. The molecule has 1 heterocycles. The Morgan fingerprint density at radius 3 is 2.28 bits per heavy atom. The van der Waals surface area contributed by atoms with E-state index in [2.05, 4.69) is 36.3 Å². The zero-order valence-electron chi connectivity index (χ0n) is 24.0. The highest BCUT2D eigenvalue weighted by molar-refractivity contribution is 8.03. The van der Waals surface area contributed by atoms with Gasteiger partial charge in [-0.1, -0.05) is 113 Å². The molecule has 0 atom stereocenters. The summed E-state index contributed by atoms with van der Waals surface area (Å²) in [5.74, 6) is 1.54. The second-order valence-electron chi connectivity index (χ2n) is 10.7. The van der Waals surface area contributed by atoms with Gasteiger partial charge in [-0.15, -0.1) is 11.8 Å². The van der Waals surface area contributed by atoms with Crippen LogP contribution in [0.3, 0.4) is 0 Å². The molecule has 214 valence electrons. The fourth-order valence-electron chi connectivity index (χ4n) is 4.94. The van der Waals surface area contributed by atoms with Crippen LogP contribution in [-0.2, 0) is 17.8 Å². The maximum atomic E-state index is 12.9. The molecule has 1 aliphatic rings. The maximum absolute atomic E-state index is 12.9. The first-order chi connectivity index (χ1) is 19.0. The van der Waals surface area contributed by atoms with Crippen LogP contribution in [0, 0.1) is 0 Å². The van der Waals surface area contributed by atoms with E-state index in [1.807, 2.05) is 48.2 Å². The van der Waals surface area contributed by atoms with Crippen LogP contribution in [0.2, 0.25) is 5.02 Å². The zero-order valence-corrected chi connectivity index (χ0v) is 25.6. The predicted molar refractivity (Wildman–Crippen MR) is 169 cm³/mol. The minimum Gasteiger partial charge on any atom is -0.492 e. The molecule has 0 bridgehead atoms. The number of ether oxygens (including phenoxy) is 1. The Morgan fingerprint density at radius 1 is 0.949 bits per heavy atom. The van der Waals surface area contributed by atoms with Crippen molar-refractivity contribution in [3.63, 3.8) is 0 Å². The highest BCUT2D eigenvalue weighted by Crippen LogP contribution is 2.30. The molecule has 0 aromatic heterocycles. The van der Waals surface area contributed by atoms with E-state index in [0.29, 0.717) is 17.4 Å². The van der Waals surface area contributed by atoms with Crippen molar-refractivity contribution in [3.05, 3.63) is 69.7 Å². The van der Waals surface area contributed by atoms with E-state index in [4.69, 9.17) is 16.3 Å². The molecule has 4 nitrogen and oxygen atoms in total. The second kappa shape index (κ2) is 18.3. The summed E-state index contributed by atoms with van der Waals surface area (Å²) in [5.41, 5.74) is 2.81. The van der Waals surface area contributed by atoms with Crippen LogP contribution in [0.5, 0.6) is 5.75 Å². The molecule has 0 saturated carbocycles. The topological polar surface area (TPSA) is 41.6 Å². The van der Waals surface area contributed by atoms with Gasteiger partial charge in [0.15, 0.2) is 0 Å². The molecule has 1 amide bonds. The van der Waals surface area contributed by atoms with E-state index < -0.39 is 0 Å². The SMILES string of the molecule is CCCCCCCCCCCCCCOc1c(Cl)cccc1CC(=O)Nc1cccc(CN2C=C(C)SC2)c1. The number of rotatable bonds is 19. The van der Waals surface area contributed by atoms with Crippen LogP contribution in [-0.4, -0.2) is 23.3 Å². The number of thioether (sulfide) groups is 1. The summed E-state index contributed by atoms with van der Waals surface area (Å²) in [6.45, 7) is 5.86. The Morgan fingerprint density at radius 2 is 1.62 bits per heavy atom. The van der Waals surface area contributed by atoms with Crippen LogP contribution in [0.1, 0.15) is 102 Å². The third-order valence-electron chi connectivity index (χ3n) is 7.06. The van der Waals surface area contributed by atoms with Crippen molar-refractivity contribution in [3.8, 4) is 5.75 Å². The fourth-order valence-corrected chi connectivity index (χ4v) is 5.95. The van der Waals surface area contributed by atoms with E-state index in [0.717, 1.165) is 30.1 Å². The first-order valence-electron chi connectivity index (χ1n) is 14.9. The summed E-state index contributed by atoms with van der Waals surface area (Å²) in [6, 6.07) is 13.7. The molecule has 6 heteroatoms. The number of carbonyl (C=O) groups excluding carboxylic acids is 1. The van der Waals surface area contributed by atoms with Crippen molar-refractivity contribution in [2.45, 2.75) is 104 Å². The lowest BCUT2D eigenvalue weighted by molar-refractivity contribution is -0.115. The average Bonchev–Trinajstić information content (AvgIpc) is 3.32. The minimum absolute atomic E-state index is 0.0721. The highest BCUT2D eigenvalue weighted by atomic mass is 35.5. The van der Waals surface area contributed by atoms with Crippen LogP contribution < -0.4 is 10.1 Å². The van der Waals surface area contributed by atoms with E-state index >= 15 is 0 Å². The highest BCUT2D eigenvalue weighted by Gasteiger charge is 2.14. The number of benzene rings is 2. The fraction of sp³-hybridized carbons (Fsp3) is 0.545. The lowest BCUT2D eigenvalue weighted by Crippen LogP contribution is -2.16. The summed E-state index contributed by atoms with van der Waals surface area (Å²) in [4.78, 5) is 16.5. The zero-order chi connectivity index (χ0) is 27.7. The number of nitrogens with one attached hydrogen (secondary N) is 1.